The van der Waals surface area contributed by atoms with Crippen LogP contribution in [0.2, 0.25) is 0 Å². The van der Waals surface area contributed by atoms with Gasteiger partial charge in [-0.25, -0.2) is 4.99 Å². The van der Waals surface area contributed by atoms with Crippen LogP contribution < -0.4 is 4.74 Å². The van der Waals surface area contributed by atoms with Crippen molar-refractivity contribution in [1.29, 1.82) is 0 Å². The van der Waals surface area contributed by atoms with Gasteiger partial charge in [0.2, 0.25) is 0 Å². The molecule has 0 radical (unpaired) electrons. The normalized spacial score (nSPS) is 10.1. The first-order valence-electron chi connectivity index (χ1n) is 6.00. The van der Waals surface area contributed by atoms with Gasteiger partial charge in [-0.1, -0.05) is 12.1 Å². The molecule has 0 fully saturated rings. The van der Waals surface area contributed by atoms with Gasteiger partial charge in [-0.2, -0.15) is 11.8 Å². The summed E-state index contributed by atoms with van der Waals surface area (Å²) in [6.07, 6.45) is 1.78. The number of nitrogens with zero attached hydrogens (tertiary/aromatic N) is 2. The zero-order valence-electron chi connectivity index (χ0n) is 10.4. The van der Waals surface area contributed by atoms with Crippen LogP contribution in [-0.2, 0) is 0 Å². The molecule has 0 bridgehead atoms. The van der Waals surface area contributed by atoms with Gasteiger partial charge >= 0.3 is 0 Å². The van der Waals surface area contributed by atoms with Crippen molar-refractivity contribution in [3.63, 3.8) is 0 Å². The lowest BCUT2D eigenvalue weighted by molar-refractivity contribution is 0.348. The fraction of sp³-hybridized carbons (Fsp3) is 0.286. The van der Waals surface area contributed by atoms with Crippen LogP contribution in [0.4, 0.5) is 0 Å². The molecule has 2 aromatic rings. The number of benzene rings is 1. The zero-order chi connectivity index (χ0) is 13.3. The minimum Gasteiger partial charge on any atom is -0.492 e. The number of aliphatic imine (C=N–C) groups is 1. The van der Waals surface area contributed by atoms with Gasteiger partial charge in [0.15, 0.2) is 0 Å². The van der Waals surface area contributed by atoms with E-state index >= 15 is 0 Å². The monoisotopic (exact) mass is 290 g/mol. The summed E-state index contributed by atoms with van der Waals surface area (Å²) in [6, 6.07) is 9.89. The maximum absolute atomic E-state index is 5.80. The van der Waals surface area contributed by atoms with E-state index < -0.39 is 0 Å². The average Bonchev–Trinajstić information content (AvgIpc) is 2.46. The molecule has 0 saturated carbocycles. The number of thioether (sulfide) groups is 1. The topological polar surface area (TPSA) is 34.5 Å². The Kier molecular flexibility index (Phi) is 5.82. The van der Waals surface area contributed by atoms with Crippen LogP contribution in [-0.4, -0.2) is 34.8 Å². The van der Waals surface area contributed by atoms with Crippen molar-refractivity contribution < 1.29 is 4.74 Å². The number of pyridine rings is 1. The number of aromatic nitrogens is 1. The molecule has 19 heavy (non-hydrogen) atoms. The van der Waals surface area contributed by atoms with Crippen molar-refractivity contribution in [1.82, 2.24) is 4.98 Å². The number of fused-ring (bicyclic) bond motifs is 1. The fourth-order valence-corrected chi connectivity index (χ4v) is 2.38. The molecule has 2 rings (SSSR count). The second-order valence-electron chi connectivity index (χ2n) is 3.76. The molecule has 0 amide bonds. The lowest BCUT2D eigenvalue weighted by Gasteiger charge is -2.08. The maximum Gasteiger partial charge on any atom is 0.130 e. The highest BCUT2D eigenvalue weighted by Gasteiger charge is 2.01. The molecule has 98 valence electrons. The minimum absolute atomic E-state index is 0.681. The molecule has 0 atom stereocenters. The Morgan fingerprint density at radius 1 is 1.26 bits per heavy atom. The largest absolute Gasteiger partial charge is 0.492 e. The van der Waals surface area contributed by atoms with Gasteiger partial charge in [-0.05, 0) is 30.4 Å². The summed E-state index contributed by atoms with van der Waals surface area (Å²) >= 11 is 6.30. The predicted molar refractivity (Wildman–Crippen MR) is 84.5 cm³/mol. The predicted octanol–water partition coefficient (Wildman–Crippen LogP) is 3.45. The van der Waals surface area contributed by atoms with Gasteiger partial charge in [0.05, 0.1) is 23.8 Å². The highest BCUT2D eigenvalue weighted by Crippen LogP contribution is 2.23. The standard InChI is InChI=1S/C14H14N2OS2/c18-11-15-7-9-19-10-8-17-14-5-6-16-13-4-2-1-3-12(13)14/h1-6H,7-10H2. The van der Waals surface area contributed by atoms with Gasteiger partial charge in [-0.15, -0.1) is 0 Å². The maximum atomic E-state index is 5.80. The molecule has 1 aromatic heterocycles. The minimum atomic E-state index is 0.681. The Labute approximate surface area is 122 Å². The summed E-state index contributed by atoms with van der Waals surface area (Å²) in [5.74, 6) is 2.77. The first-order chi connectivity index (χ1) is 9.42. The second-order valence-corrected chi connectivity index (χ2v) is 5.17. The van der Waals surface area contributed by atoms with Crippen molar-refractivity contribution in [2.75, 3.05) is 24.7 Å². The van der Waals surface area contributed by atoms with E-state index in [1.54, 1.807) is 18.0 Å². The number of thiocarbonyl (C=S) groups is 1. The number of isothiocyanates is 1. The van der Waals surface area contributed by atoms with Gasteiger partial charge in [0, 0.05) is 23.1 Å². The Morgan fingerprint density at radius 3 is 3.05 bits per heavy atom. The van der Waals surface area contributed by atoms with Crippen LogP contribution in [0.25, 0.3) is 10.9 Å². The summed E-state index contributed by atoms with van der Waals surface area (Å²) in [5, 5.41) is 3.42. The van der Waals surface area contributed by atoms with Crippen LogP contribution in [0.3, 0.4) is 0 Å². The Hall–Kier alpha value is -1.42. The molecule has 3 nitrogen and oxygen atoms in total. The number of ether oxygens (including phenoxy) is 1. The van der Waals surface area contributed by atoms with Crippen molar-refractivity contribution in [2.24, 2.45) is 4.99 Å². The van der Waals surface area contributed by atoms with E-state index in [-0.39, 0.29) is 0 Å². The van der Waals surface area contributed by atoms with Crippen LogP contribution in [0, 0.1) is 0 Å². The third-order valence-electron chi connectivity index (χ3n) is 2.51. The van der Waals surface area contributed by atoms with Crippen LogP contribution >= 0.6 is 24.0 Å². The zero-order valence-corrected chi connectivity index (χ0v) is 12.0. The number of para-hydroxylation sites is 1. The first-order valence-corrected chi connectivity index (χ1v) is 7.56. The van der Waals surface area contributed by atoms with E-state index in [0.717, 1.165) is 34.7 Å². The van der Waals surface area contributed by atoms with Crippen molar-refractivity contribution in [2.45, 2.75) is 0 Å². The molecule has 5 heteroatoms. The molecule has 1 aromatic carbocycles. The van der Waals surface area contributed by atoms with Gasteiger partial charge in [0.25, 0.3) is 0 Å². The van der Waals surface area contributed by atoms with Crippen molar-refractivity contribution >= 4 is 40.0 Å². The molecular weight excluding hydrogens is 276 g/mol. The molecule has 0 aliphatic rings. The van der Waals surface area contributed by atoms with E-state index in [1.165, 1.54) is 0 Å². The van der Waals surface area contributed by atoms with E-state index in [1.807, 2.05) is 30.3 Å². The fourth-order valence-electron chi connectivity index (χ4n) is 1.66. The lowest BCUT2D eigenvalue weighted by atomic mass is 10.2. The van der Waals surface area contributed by atoms with Crippen molar-refractivity contribution in [3.8, 4) is 5.75 Å². The second kappa shape index (κ2) is 7.89. The number of rotatable bonds is 7. The molecule has 0 N–H and O–H groups in total. The first kappa shape index (κ1) is 14.0. The SMILES string of the molecule is S=C=NCCSCCOc1ccnc2ccccc12. The van der Waals surface area contributed by atoms with Crippen molar-refractivity contribution in [3.05, 3.63) is 36.5 Å². The summed E-state index contributed by atoms with van der Waals surface area (Å²) in [4.78, 5) is 8.17. The van der Waals surface area contributed by atoms with Crippen LogP contribution in [0.1, 0.15) is 0 Å². The van der Waals surface area contributed by atoms with Crippen LogP contribution in [0.5, 0.6) is 5.75 Å². The highest BCUT2D eigenvalue weighted by atomic mass is 32.2. The van der Waals surface area contributed by atoms with E-state index in [4.69, 9.17) is 4.74 Å². The highest BCUT2D eigenvalue weighted by molar-refractivity contribution is 7.99. The smallest absolute Gasteiger partial charge is 0.130 e. The molecule has 0 aliphatic carbocycles. The third-order valence-corrected chi connectivity index (χ3v) is 3.56. The Balaban J connectivity index is 1.83. The molecule has 0 unspecified atom stereocenters. The summed E-state index contributed by atoms with van der Waals surface area (Å²) in [6.45, 7) is 1.41. The number of hydrogen-bond donors (Lipinski definition) is 0. The summed E-state index contributed by atoms with van der Waals surface area (Å²) in [7, 11) is 0. The lowest BCUT2D eigenvalue weighted by Crippen LogP contribution is -2.02. The van der Waals surface area contributed by atoms with E-state index in [2.05, 4.69) is 27.4 Å². The molecule has 1 heterocycles. The quantitative estimate of drug-likeness (QED) is 0.444. The van der Waals surface area contributed by atoms with E-state index in [9.17, 15) is 0 Å². The van der Waals surface area contributed by atoms with Gasteiger partial charge < -0.3 is 4.74 Å². The van der Waals surface area contributed by atoms with E-state index in [0.29, 0.717) is 6.61 Å². The number of hydrogen-bond acceptors (Lipinski definition) is 5. The molecule has 0 spiro atoms. The summed E-state index contributed by atoms with van der Waals surface area (Å²) in [5.41, 5.74) is 0.961. The Bertz CT molecular complexity index is 577. The molecule has 0 saturated heterocycles. The molecule has 0 aliphatic heterocycles. The Morgan fingerprint density at radius 2 is 2.16 bits per heavy atom. The van der Waals surface area contributed by atoms with Gasteiger partial charge in [0.1, 0.15) is 5.75 Å². The van der Waals surface area contributed by atoms with Gasteiger partial charge in [-0.3, -0.25) is 4.98 Å². The van der Waals surface area contributed by atoms with Crippen LogP contribution in [0.15, 0.2) is 41.5 Å². The third kappa shape index (κ3) is 4.31. The summed E-state index contributed by atoms with van der Waals surface area (Å²) < 4.78 is 5.80. The molecular formula is C14H14N2OS2. The average molecular weight is 290 g/mol.